The van der Waals surface area contributed by atoms with E-state index in [0.29, 0.717) is 5.56 Å². The molecule has 140 valence electrons. The van der Waals surface area contributed by atoms with Gasteiger partial charge in [-0.05, 0) is 79.5 Å². The molecule has 0 aliphatic heterocycles. The Morgan fingerprint density at radius 1 is 1.07 bits per heavy atom. The van der Waals surface area contributed by atoms with Crippen molar-refractivity contribution in [2.24, 2.45) is 0 Å². The highest BCUT2D eigenvalue weighted by Gasteiger charge is 2.18. The summed E-state index contributed by atoms with van der Waals surface area (Å²) in [6.07, 6.45) is 6.00. The van der Waals surface area contributed by atoms with Gasteiger partial charge in [0.15, 0.2) is 0 Å². The summed E-state index contributed by atoms with van der Waals surface area (Å²) in [6, 6.07) is 8.17. The summed E-state index contributed by atoms with van der Waals surface area (Å²) in [7, 11) is 0. The lowest BCUT2D eigenvalue weighted by Crippen LogP contribution is -1.99. The van der Waals surface area contributed by atoms with Gasteiger partial charge in [0.2, 0.25) is 0 Å². The summed E-state index contributed by atoms with van der Waals surface area (Å²) >= 11 is 1.53. The minimum Gasteiger partial charge on any atom is -0.399 e. The number of hydrogen-bond acceptors (Lipinski definition) is 3. The molecule has 3 aromatic rings. The first-order valence-electron chi connectivity index (χ1n) is 9.63. The van der Waals surface area contributed by atoms with Gasteiger partial charge in [-0.2, -0.15) is 0 Å². The second-order valence-corrected chi connectivity index (χ2v) is 8.44. The molecule has 1 heterocycles. The number of benzene rings is 2. The lowest BCUT2D eigenvalue weighted by molar-refractivity contribution is 0.607. The van der Waals surface area contributed by atoms with E-state index in [0.717, 1.165) is 59.6 Å². The van der Waals surface area contributed by atoms with Gasteiger partial charge >= 0.3 is 0 Å². The number of nitrogens with two attached hydrogens (primary N) is 1. The number of aryl methyl sites for hydroxylation is 3. The van der Waals surface area contributed by atoms with E-state index in [1.807, 2.05) is 24.4 Å². The predicted molar refractivity (Wildman–Crippen MR) is 112 cm³/mol. The summed E-state index contributed by atoms with van der Waals surface area (Å²) in [4.78, 5) is 4.75. The molecular weight excluding hydrogens is 355 g/mol. The van der Waals surface area contributed by atoms with Crippen molar-refractivity contribution in [1.29, 1.82) is 0 Å². The van der Waals surface area contributed by atoms with Crippen LogP contribution in [0, 0.1) is 19.7 Å². The van der Waals surface area contributed by atoms with Crippen molar-refractivity contribution in [1.82, 2.24) is 4.98 Å². The van der Waals surface area contributed by atoms with Crippen LogP contribution in [-0.4, -0.2) is 4.98 Å². The summed E-state index contributed by atoms with van der Waals surface area (Å²) in [5.41, 5.74) is 14.0. The largest absolute Gasteiger partial charge is 0.399 e. The van der Waals surface area contributed by atoms with Gasteiger partial charge in [0.05, 0.1) is 5.69 Å². The van der Waals surface area contributed by atoms with E-state index in [1.165, 1.54) is 34.4 Å². The number of nitrogens with zero attached hydrogens (tertiary/aromatic N) is 1. The van der Waals surface area contributed by atoms with Crippen LogP contribution in [-0.2, 0) is 19.3 Å². The van der Waals surface area contributed by atoms with Gasteiger partial charge in [0, 0.05) is 23.1 Å². The monoisotopic (exact) mass is 380 g/mol. The molecule has 1 aliphatic carbocycles. The number of nitrogen functional groups attached to an aromatic ring is 1. The van der Waals surface area contributed by atoms with Gasteiger partial charge in [0.25, 0.3) is 0 Å². The Kier molecular flexibility index (Phi) is 5.00. The van der Waals surface area contributed by atoms with Gasteiger partial charge in [0.1, 0.15) is 10.8 Å². The van der Waals surface area contributed by atoms with E-state index < -0.39 is 0 Å². The molecule has 0 bridgehead atoms. The molecular formula is C23H25FN2S. The molecule has 0 unspecified atom stereocenters. The number of fused-ring (bicyclic) bond motifs is 1. The van der Waals surface area contributed by atoms with Crippen LogP contribution < -0.4 is 5.73 Å². The van der Waals surface area contributed by atoms with Crippen LogP contribution in [0.25, 0.3) is 10.6 Å². The lowest BCUT2D eigenvalue weighted by atomic mass is 9.99. The predicted octanol–water partition coefficient (Wildman–Crippen LogP) is 6.01. The number of halogens is 1. The summed E-state index contributed by atoms with van der Waals surface area (Å²) in [6.45, 7) is 4.10. The van der Waals surface area contributed by atoms with Crippen LogP contribution in [0.3, 0.4) is 0 Å². The third-order valence-corrected chi connectivity index (χ3v) is 6.52. The van der Waals surface area contributed by atoms with Crippen molar-refractivity contribution in [3.8, 4) is 10.6 Å². The third kappa shape index (κ3) is 3.63. The average Bonchev–Trinajstić information content (AvgIpc) is 2.95. The Bertz CT molecular complexity index is 990. The molecule has 4 heteroatoms. The van der Waals surface area contributed by atoms with E-state index in [2.05, 4.69) is 19.1 Å². The molecule has 0 fully saturated rings. The van der Waals surface area contributed by atoms with Gasteiger partial charge in [-0.1, -0.05) is 18.6 Å². The number of thiazole rings is 1. The fraction of sp³-hybridized carbons (Fsp3) is 0.348. The van der Waals surface area contributed by atoms with Crippen molar-refractivity contribution in [2.45, 2.75) is 52.4 Å². The Morgan fingerprint density at radius 3 is 2.74 bits per heavy atom. The van der Waals surface area contributed by atoms with E-state index in [1.54, 1.807) is 0 Å². The zero-order valence-corrected chi connectivity index (χ0v) is 16.8. The maximum Gasteiger partial charge on any atom is 0.136 e. The molecule has 0 saturated carbocycles. The van der Waals surface area contributed by atoms with E-state index in [4.69, 9.17) is 10.7 Å². The second kappa shape index (κ2) is 7.43. The first kappa shape index (κ1) is 18.2. The van der Waals surface area contributed by atoms with Gasteiger partial charge in [-0.25, -0.2) is 9.37 Å². The molecule has 4 rings (SSSR count). The van der Waals surface area contributed by atoms with Crippen molar-refractivity contribution >= 4 is 17.0 Å². The molecule has 1 aromatic heterocycles. The number of anilines is 1. The summed E-state index contributed by atoms with van der Waals surface area (Å²) in [5.74, 6) is -0.0604. The SMILES string of the molecule is Cc1cc(Cc2csc(-c3ccc4c(c3F)CCCCC4)n2)c(C)cc1N. The van der Waals surface area contributed by atoms with Crippen LogP contribution in [0.4, 0.5) is 10.1 Å². The average molecular weight is 381 g/mol. The zero-order valence-electron chi connectivity index (χ0n) is 15.9. The van der Waals surface area contributed by atoms with Gasteiger partial charge in [-0.3, -0.25) is 0 Å². The third-order valence-electron chi connectivity index (χ3n) is 5.59. The fourth-order valence-electron chi connectivity index (χ4n) is 3.92. The van der Waals surface area contributed by atoms with Gasteiger partial charge < -0.3 is 5.73 Å². The first-order valence-corrected chi connectivity index (χ1v) is 10.5. The minimum absolute atomic E-state index is 0.0604. The minimum atomic E-state index is -0.0604. The zero-order chi connectivity index (χ0) is 19.0. The molecule has 0 spiro atoms. The highest BCUT2D eigenvalue weighted by atomic mass is 32.1. The highest BCUT2D eigenvalue weighted by Crippen LogP contribution is 2.33. The molecule has 0 radical (unpaired) electrons. The molecule has 0 amide bonds. The van der Waals surface area contributed by atoms with Crippen LogP contribution in [0.15, 0.2) is 29.6 Å². The summed E-state index contributed by atoms with van der Waals surface area (Å²) < 4.78 is 15.2. The lowest BCUT2D eigenvalue weighted by Gasteiger charge is -2.10. The Balaban J connectivity index is 1.64. The van der Waals surface area contributed by atoms with Gasteiger partial charge in [-0.15, -0.1) is 11.3 Å². The maximum absolute atomic E-state index is 15.2. The van der Waals surface area contributed by atoms with Crippen LogP contribution in [0.2, 0.25) is 0 Å². The van der Waals surface area contributed by atoms with Crippen molar-refractivity contribution in [2.75, 3.05) is 5.73 Å². The standard InChI is InChI=1S/C23H25FN2S/c1-14-11-21(25)15(2)10-17(14)12-18-13-27-23(26-18)20-9-8-16-6-4-3-5-7-19(16)22(20)24/h8-11,13H,3-7,12,25H2,1-2H3. The fourth-order valence-corrected chi connectivity index (χ4v) is 4.76. The Labute approximate surface area is 164 Å². The molecule has 2 aromatic carbocycles. The number of rotatable bonds is 3. The van der Waals surface area contributed by atoms with Crippen molar-refractivity contribution < 1.29 is 4.39 Å². The molecule has 2 N–H and O–H groups in total. The van der Waals surface area contributed by atoms with Crippen LogP contribution >= 0.6 is 11.3 Å². The molecule has 1 aliphatic rings. The normalized spacial score (nSPS) is 14.0. The van der Waals surface area contributed by atoms with Crippen molar-refractivity contribution in [3.63, 3.8) is 0 Å². The van der Waals surface area contributed by atoms with E-state index in [-0.39, 0.29) is 5.82 Å². The van der Waals surface area contributed by atoms with Crippen molar-refractivity contribution in [3.05, 3.63) is 69.0 Å². The highest BCUT2D eigenvalue weighted by molar-refractivity contribution is 7.13. The number of aromatic nitrogens is 1. The van der Waals surface area contributed by atoms with Crippen LogP contribution in [0.1, 0.15) is 52.8 Å². The topological polar surface area (TPSA) is 38.9 Å². The Hall–Kier alpha value is -2.20. The van der Waals surface area contributed by atoms with Crippen LogP contribution in [0.5, 0.6) is 0 Å². The molecule has 2 nitrogen and oxygen atoms in total. The molecule has 0 atom stereocenters. The quantitative estimate of drug-likeness (QED) is 0.446. The van der Waals surface area contributed by atoms with E-state index in [9.17, 15) is 0 Å². The molecule has 0 saturated heterocycles. The second-order valence-electron chi connectivity index (χ2n) is 7.58. The molecule has 27 heavy (non-hydrogen) atoms. The van der Waals surface area contributed by atoms with E-state index >= 15 is 4.39 Å². The Morgan fingerprint density at radius 2 is 1.89 bits per heavy atom. The summed E-state index contributed by atoms with van der Waals surface area (Å²) in [5, 5.41) is 2.82. The number of hydrogen-bond donors (Lipinski definition) is 1. The maximum atomic E-state index is 15.2. The smallest absolute Gasteiger partial charge is 0.136 e. The first-order chi connectivity index (χ1) is 13.0.